The van der Waals surface area contributed by atoms with Crippen molar-refractivity contribution in [3.63, 3.8) is 0 Å². The van der Waals surface area contributed by atoms with Crippen molar-refractivity contribution in [1.82, 2.24) is 9.97 Å². The molecule has 1 amide bonds. The van der Waals surface area contributed by atoms with Crippen LogP contribution in [0.1, 0.15) is 50.8 Å². The summed E-state index contributed by atoms with van der Waals surface area (Å²) in [6.45, 7) is 11.8. The third-order valence-corrected chi connectivity index (χ3v) is 3.06. The molecule has 6 nitrogen and oxygen atoms in total. The molecule has 0 unspecified atom stereocenters. The molecule has 25 heavy (non-hydrogen) atoms. The van der Waals surface area contributed by atoms with E-state index in [0.717, 1.165) is 11.4 Å². The molecule has 1 heterocycles. The molecule has 1 aromatic heterocycles. The van der Waals surface area contributed by atoms with Gasteiger partial charge in [-0.25, -0.2) is 9.97 Å². The minimum Gasteiger partial charge on any atom is -0.491 e. The van der Waals surface area contributed by atoms with Crippen LogP contribution in [0, 0.1) is 6.92 Å². The Kier molecular flexibility index (Phi) is 5.62. The van der Waals surface area contributed by atoms with Crippen molar-refractivity contribution >= 4 is 17.5 Å². The van der Waals surface area contributed by atoms with E-state index in [9.17, 15) is 4.79 Å². The fraction of sp³-hybridized carbons (Fsp3) is 0.421. The van der Waals surface area contributed by atoms with Gasteiger partial charge in [-0.3, -0.25) is 4.79 Å². The SMILES string of the molecule is Cc1cc(C(=O)Nc2ccc(OC(C)C)cc2)nc(NC(C)(C)C)n1. The summed E-state index contributed by atoms with van der Waals surface area (Å²) < 4.78 is 5.60. The standard InChI is InChI=1S/C19H26N4O2/c1-12(2)25-15-9-7-14(8-10-15)21-17(24)16-11-13(3)20-18(22-16)23-19(4,5)6/h7-12H,1-6H3,(H,21,24)(H,20,22,23). The van der Waals surface area contributed by atoms with E-state index in [2.05, 4.69) is 20.6 Å². The Bertz CT molecular complexity index is 734. The minimum atomic E-state index is -0.278. The largest absolute Gasteiger partial charge is 0.491 e. The van der Waals surface area contributed by atoms with Crippen LogP contribution < -0.4 is 15.4 Å². The van der Waals surface area contributed by atoms with Gasteiger partial charge in [-0.1, -0.05) is 0 Å². The Morgan fingerprint density at radius 3 is 2.32 bits per heavy atom. The van der Waals surface area contributed by atoms with E-state index in [-0.39, 0.29) is 17.6 Å². The molecule has 0 radical (unpaired) electrons. The van der Waals surface area contributed by atoms with Crippen LogP contribution in [0.4, 0.5) is 11.6 Å². The van der Waals surface area contributed by atoms with Crippen molar-refractivity contribution in [2.75, 3.05) is 10.6 Å². The van der Waals surface area contributed by atoms with Crippen LogP contribution in [0.25, 0.3) is 0 Å². The average Bonchev–Trinajstić information content (AvgIpc) is 2.46. The highest BCUT2D eigenvalue weighted by Gasteiger charge is 2.15. The molecule has 0 aliphatic heterocycles. The molecule has 6 heteroatoms. The molecule has 2 aromatic rings. The maximum Gasteiger partial charge on any atom is 0.274 e. The maximum atomic E-state index is 12.5. The molecule has 0 fully saturated rings. The van der Waals surface area contributed by atoms with Gasteiger partial charge in [0.2, 0.25) is 5.95 Å². The second kappa shape index (κ2) is 7.51. The van der Waals surface area contributed by atoms with Crippen LogP contribution in [0.15, 0.2) is 30.3 Å². The fourth-order valence-electron chi connectivity index (χ4n) is 2.16. The molecule has 0 atom stereocenters. The van der Waals surface area contributed by atoms with E-state index in [4.69, 9.17) is 4.74 Å². The summed E-state index contributed by atoms with van der Waals surface area (Å²) in [7, 11) is 0. The smallest absolute Gasteiger partial charge is 0.274 e. The van der Waals surface area contributed by atoms with E-state index >= 15 is 0 Å². The highest BCUT2D eigenvalue weighted by Crippen LogP contribution is 2.18. The first-order chi connectivity index (χ1) is 11.6. The van der Waals surface area contributed by atoms with Crippen molar-refractivity contribution in [3.8, 4) is 5.75 Å². The first-order valence-corrected chi connectivity index (χ1v) is 8.34. The normalized spacial score (nSPS) is 11.3. The monoisotopic (exact) mass is 342 g/mol. The van der Waals surface area contributed by atoms with Crippen LogP contribution in [0.2, 0.25) is 0 Å². The van der Waals surface area contributed by atoms with Gasteiger partial charge in [-0.15, -0.1) is 0 Å². The molecule has 0 aliphatic rings. The van der Waals surface area contributed by atoms with Gasteiger partial charge in [0.05, 0.1) is 6.10 Å². The first kappa shape index (κ1) is 18.7. The van der Waals surface area contributed by atoms with Gasteiger partial charge in [0.25, 0.3) is 5.91 Å². The Balaban J connectivity index is 2.12. The van der Waals surface area contributed by atoms with E-state index in [1.807, 2.05) is 53.7 Å². The topological polar surface area (TPSA) is 76.1 Å². The second-order valence-electron chi connectivity index (χ2n) is 7.24. The van der Waals surface area contributed by atoms with Gasteiger partial charge in [-0.2, -0.15) is 0 Å². The van der Waals surface area contributed by atoms with E-state index in [1.165, 1.54) is 0 Å². The molecular formula is C19H26N4O2. The van der Waals surface area contributed by atoms with Gasteiger partial charge in [0.1, 0.15) is 11.4 Å². The number of anilines is 2. The van der Waals surface area contributed by atoms with Crippen molar-refractivity contribution in [1.29, 1.82) is 0 Å². The number of aromatic nitrogens is 2. The molecule has 0 saturated carbocycles. The Morgan fingerprint density at radius 1 is 1.12 bits per heavy atom. The fourth-order valence-corrected chi connectivity index (χ4v) is 2.16. The van der Waals surface area contributed by atoms with Gasteiger partial charge in [0.15, 0.2) is 0 Å². The second-order valence-corrected chi connectivity index (χ2v) is 7.24. The number of nitrogens with zero attached hydrogens (tertiary/aromatic N) is 2. The number of nitrogens with one attached hydrogen (secondary N) is 2. The number of ether oxygens (including phenoxy) is 1. The highest BCUT2D eigenvalue weighted by molar-refractivity contribution is 6.03. The van der Waals surface area contributed by atoms with Crippen LogP contribution in [-0.4, -0.2) is 27.5 Å². The molecule has 2 rings (SSSR count). The zero-order valence-corrected chi connectivity index (χ0v) is 15.7. The number of rotatable bonds is 5. The predicted octanol–water partition coefficient (Wildman–Crippen LogP) is 4.03. The summed E-state index contributed by atoms with van der Waals surface area (Å²) in [5.41, 5.74) is 1.55. The molecule has 0 aliphatic carbocycles. The van der Waals surface area contributed by atoms with Crippen LogP contribution in [0.3, 0.4) is 0 Å². The van der Waals surface area contributed by atoms with Gasteiger partial charge >= 0.3 is 0 Å². The van der Waals surface area contributed by atoms with Crippen molar-refractivity contribution in [2.45, 2.75) is 53.2 Å². The Morgan fingerprint density at radius 2 is 1.76 bits per heavy atom. The highest BCUT2D eigenvalue weighted by atomic mass is 16.5. The van der Waals surface area contributed by atoms with Gasteiger partial charge < -0.3 is 15.4 Å². The van der Waals surface area contributed by atoms with Gasteiger partial charge in [0, 0.05) is 16.9 Å². The summed E-state index contributed by atoms with van der Waals surface area (Å²) in [6.07, 6.45) is 0.109. The Labute approximate surface area is 149 Å². The Hall–Kier alpha value is -2.63. The lowest BCUT2D eigenvalue weighted by atomic mass is 10.1. The van der Waals surface area contributed by atoms with Crippen molar-refractivity contribution in [2.24, 2.45) is 0 Å². The van der Waals surface area contributed by atoms with Crippen LogP contribution >= 0.6 is 0 Å². The number of carbonyl (C=O) groups is 1. The van der Waals surface area contributed by atoms with Crippen molar-refractivity contribution in [3.05, 3.63) is 41.7 Å². The quantitative estimate of drug-likeness (QED) is 0.858. The zero-order chi connectivity index (χ0) is 18.6. The van der Waals surface area contributed by atoms with Crippen LogP contribution in [0.5, 0.6) is 5.75 Å². The molecule has 1 aromatic carbocycles. The van der Waals surface area contributed by atoms with E-state index < -0.39 is 0 Å². The van der Waals surface area contributed by atoms with E-state index in [0.29, 0.717) is 17.3 Å². The summed E-state index contributed by atoms with van der Waals surface area (Å²) >= 11 is 0. The maximum absolute atomic E-state index is 12.5. The lowest BCUT2D eigenvalue weighted by molar-refractivity contribution is 0.102. The number of benzene rings is 1. The van der Waals surface area contributed by atoms with Gasteiger partial charge in [-0.05, 0) is 71.9 Å². The predicted molar refractivity (Wildman–Crippen MR) is 100 cm³/mol. The number of aryl methyl sites for hydroxylation is 1. The summed E-state index contributed by atoms with van der Waals surface area (Å²) in [5.74, 6) is 0.931. The molecule has 0 spiro atoms. The minimum absolute atomic E-state index is 0.109. The number of amides is 1. The van der Waals surface area contributed by atoms with Crippen LogP contribution in [-0.2, 0) is 0 Å². The average molecular weight is 342 g/mol. The zero-order valence-electron chi connectivity index (χ0n) is 15.7. The summed E-state index contributed by atoms with van der Waals surface area (Å²) in [4.78, 5) is 21.1. The van der Waals surface area contributed by atoms with Crippen molar-refractivity contribution < 1.29 is 9.53 Å². The lowest BCUT2D eigenvalue weighted by Crippen LogP contribution is -2.28. The first-order valence-electron chi connectivity index (χ1n) is 8.34. The number of hydrogen-bond acceptors (Lipinski definition) is 5. The third kappa shape index (κ3) is 6.06. The molecule has 2 N–H and O–H groups in total. The number of carbonyl (C=O) groups excluding carboxylic acids is 1. The molecule has 0 bridgehead atoms. The van der Waals surface area contributed by atoms with E-state index in [1.54, 1.807) is 18.2 Å². The molecule has 0 saturated heterocycles. The lowest BCUT2D eigenvalue weighted by Gasteiger charge is -2.20. The molecular weight excluding hydrogens is 316 g/mol. The summed E-state index contributed by atoms with van der Waals surface area (Å²) in [6, 6.07) is 8.93. The molecule has 134 valence electrons. The summed E-state index contributed by atoms with van der Waals surface area (Å²) in [5, 5.41) is 6.03. The number of hydrogen-bond donors (Lipinski definition) is 2. The third-order valence-electron chi connectivity index (χ3n) is 3.06.